The van der Waals surface area contributed by atoms with E-state index in [0.29, 0.717) is 18.0 Å². The highest BCUT2D eigenvalue weighted by Crippen LogP contribution is 2.34. The fourth-order valence-electron chi connectivity index (χ4n) is 6.81. The molecule has 2 aromatic rings. The fourth-order valence-corrected chi connectivity index (χ4v) is 6.81. The number of hydrogen-bond acceptors (Lipinski definition) is 5. The maximum Gasteiger partial charge on any atom is 0.416 e. The predicted octanol–water partition coefficient (Wildman–Crippen LogP) is 9.10. The Kier molecular flexibility index (Phi) is 17.3. The Balaban J connectivity index is 0.000000281. The molecule has 0 radical (unpaired) electrons. The molecule has 0 N–H and O–H groups in total. The Morgan fingerprint density at radius 2 is 1.53 bits per heavy atom. The van der Waals surface area contributed by atoms with E-state index in [-0.39, 0.29) is 17.4 Å². The number of amides is 2. The molecule has 3 aliphatic rings. The minimum Gasteiger partial charge on any atom is -0.490 e. The van der Waals surface area contributed by atoms with Crippen LogP contribution in [0.3, 0.4) is 0 Å². The molecular weight excluding hydrogens is 653 g/mol. The molecule has 0 aromatic heterocycles. The summed E-state index contributed by atoms with van der Waals surface area (Å²) in [5.41, 5.74) is 1.05. The van der Waals surface area contributed by atoms with Crippen LogP contribution in [0, 0.1) is 22.7 Å². The Morgan fingerprint density at radius 3 is 2.02 bits per heavy atom. The van der Waals surface area contributed by atoms with E-state index in [1.807, 2.05) is 12.1 Å². The number of nitrogens with zero attached hydrogens (tertiary/aromatic N) is 4. The highest BCUT2D eigenvalue weighted by molar-refractivity contribution is 5.73. The normalized spacial score (nSPS) is 18.3. The molecule has 0 atom stereocenters. The first-order valence-electron chi connectivity index (χ1n) is 18.9. The predicted molar refractivity (Wildman–Crippen MR) is 196 cm³/mol. The molecule has 1 aliphatic carbocycles. The van der Waals surface area contributed by atoms with Gasteiger partial charge < -0.3 is 14.5 Å². The maximum atomic E-state index is 12.7. The van der Waals surface area contributed by atoms with E-state index in [0.717, 1.165) is 82.7 Å². The molecule has 10 heteroatoms. The van der Waals surface area contributed by atoms with Gasteiger partial charge in [-0.1, -0.05) is 65.0 Å². The fraction of sp³-hybridized carbons (Fsp3) is 0.634. The van der Waals surface area contributed by atoms with Crippen LogP contribution in [-0.4, -0.2) is 72.4 Å². The molecule has 0 spiro atoms. The van der Waals surface area contributed by atoms with E-state index < -0.39 is 11.7 Å². The number of nitriles is 1. The maximum absolute atomic E-state index is 12.7. The van der Waals surface area contributed by atoms with Crippen LogP contribution in [0.4, 0.5) is 13.2 Å². The molecule has 2 aromatic carbocycles. The Labute approximate surface area is 304 Å². The van der Waals surface area contributed by atoms with Crippen molar-refractivity contribution in [2.24, 2.45) is 11.3 Å². The second kappa shape index (κ2) is 21.1. The molecule has 2 saturated heterocycles. The second-order valence-electron chi connectivity index (χ2n) is 14.8. The van der Waals surface area contributed by atoms with Crippen LogP contribution in [0.5, 0.6) is 5.75 Å². The Bertz CT molecular complexity index is 1340. The number of unbranched alkanes of at least 4 members (excludes halogenated alkanes) is 1. The monoisotopic (exact) mass is 712 g/mol. The van der Waals surface area contributed by atoms with E-state index in [1.165, 1.54) is 57.1 Å². The van der Waals surface area contributed by atoms with Gasteiger partial charge in [0.1, 0.15) is 11.9 Å². The van der Waals surface area contributed by atoms with Crippen molar-refractivity contribution in [3.05, 3.63) is 65.2 Å². The molecule has 5 rings (SSSR count). The average Bonchev–Trinajstić information content (AvgIpc) is 3.14. The Hall–Kier alpha value is -3.58. The van der Waals surface area contributed by atoms with Gasteiger partial charge in [-0.25, -0.2) is 0 Å². The summed E-state index contributed by atoms with van der Waals surface area (Å²) in [5, 5.41) is 8.68. The molecule has 2 aliphatic heterocycles. The molecule has 3 fully saturated rings. The zero-order valence-electron chi connectivity index (χ0n) is 31.2. The second-order valence-corrected chi connectivity index (χ2v) is 14.8. The minimum atomic E-state index is -4.29. The number of carbonyl (C=O) groups excluding carboxylic acids is 2. The summed E-state index contributed by atoms with van der Waals surface area (Å²) in [4.78, 5) is 29.0. The van der Waals surface area contributed by atoms with Crippen molar-refractivity contribution >= 4 is 12.3 Å². The summed E-state index contributed by atoms with van der Waals surface area (Å²) in [6, 6.07) is 14.7. The summed E-state index contributed by atoms with van der Waals surface area (Å²) < 4.78 is 44.0. The lowest BCUT2D eigenvalue weighted by atomic mass is 9.79. The zero-order chi connectivity index (χ0) is 37.3. The Morgan fingerprint density at radius 1 is 0.941 bits per heavy atom. The lowest BCUT2D eigenvalue weighted by molar-refractivity contribution is -0.137. The first-order chi connectivity index (χ1) is 24.4. The number of rotatable bonds is 10. The van der Waals surface area contributed by atoms with E-state index in [2.05, 4.69) is 36.6 Å². The SMILES string of the molecule is CC(=O)N(CC1CCCCC1)CC1(C)CCN(Cc2ccc(C(F)(F)F)cc2)CC1.CCCC.N#Cc1ccc(OC2CCN(C=O)CC2)cc1. The van der Waals surface area contributed by atoms with Gasteiger partial charge in [0.2, 0.25) is 12.3 Å². The van der Waals surface area contributed by atoms with Gasteiger partial charge in [0, 0.05) is 52.5 Å². The van der Waals surface area contributed by atoms with Crippen molar-refractivity contribution in [3.8, 4) is 11.8 Å². The van der Waals surface area contributed by atoms with E-state index >= 15 is 0 Å². The standard InChI is InChI=1S/C24H35F3N2O.C13H14N2O2.C4H10/c1-19(30)29(17-20-6-4-3-5-7-20)18-23(2)12-14-28(15-13-23)16-21-8-10-22(11-9-21)24(25,26)27;14-9-11-1-3-12(4-2-11)17-13-5-7-15(10-16)8-6-13;1-3-4-2/h8-11,20H,3-7,12-18H2,1-2H3;1-4,10,13H,5-8H2;3-4H2,1-2H3. The smallest absolute Gasteiger partial charge is 0.416 e. The molecular formula is C41H59F3N4O3. The quantitative estimate of drug-likeness (QED) is 0.230. The van der Waals surface area contributed by atoms with Crippen LogP contribution in [0.15, 0.2) is 48.5 Å². The van der Waals surface area contributed by atoms with Gasteiger partial charge in [-0.05, 0) is 92.1 Å². The third-order valence-corrected chi connectivity index (χ3v) is 10.4. The molecule has 2 amide bonds. The highest BCUT2D eigenvalue weighted by atomic mass is 19.4. The highest BCUT2D eigenvalue weighted by Gasteiger charge is 2.34. The number of likely N-dealkylation sites (tertiary alicyclic amines) is 2. The van der Waals surface area contributed by atoms with Gasteiger partial charge in [0.15, 0.2) is 0 Å². The molecule has 1 saturated carbocycles. The van der Waals surface area contributed by atoms with Gasteiger partial charge in [-0.3, -0.25) is 14.5 Å². The lowest BCUT2D eigenvalue weighted by Gasteiger charge is -2.43. The van der Waals surface area contributed by atoms with E-state index in [4.69, 9.17) is 10.00 Å². The number of hydrogen-bond donors (Lipinski definition) is 0. The number of alkyl halides is 3. The molecule has 2 heterocycles. The van der Waals surface area contributed by atoms with Crippen molar-refractivity contribution in [1.82, 2.24) is 14.7 Å². The van der Waals surface area contributed by atoms with Crippen molar-refractivity contribution in [1.29, 1.82) is 5.26 Å². The summed E-state index contributed by atoms with van der Waals surface area (Å²) in [7, 11) is 0. The van der Waals surface area contributed by atoms with Gasteiger partial charge in [0.05, 0.1) is 17.2 Å². The number of piperidine rings is 2. The van der Waals surface area contributed by atoms with E-state index in [9.17, 15) is 22.8 Å². The summed E-state index contributed by atoms with van der Waals surface area (Å²) in [6.07, 6.45) is 9.50. The van der Waals surface area contributed by atoms with Crippen LogP contribution in [0.1, 0.15) is 115 Å². The molecule has 0 unspecified atom stereocenters. The lowest BCUT2D eigenvalue weighted by Crippen LogP contribution is -2.47. The zero-order valence-corrected chi connectivity index (χ0v) is 31.2. The van der Waals surface area contributed by atoms with Crippen LogP contribution in [0.2, 0.25) is 0 Å². The van der Waals surface area contributed by atoms with Crippen LogP contribution < -0.4 is 4.74 Å². The van der Waals surface area contributed by atoms with Gasteiger partial charge in [0.25, 0.3) is 0 Å². The van der Waals surface area contributed by atoms with Crippen LogP contribution >= 0.6 is 0 Å². The topological polar surface area (TPSA) is 76.9 Å². The third kappa shape index (κ3) is 14.9. The molecule has 282 valence electrons. The average molecular weight is 713 g/mol. The number of halogens is 3. The van der Waals surface area contributed by atoms with Crippen molar-refractivity contribution in [2.45, 2.75) is 117 Å². The summed E-state index contributed by atoms with van der Waals surface area (Å²) in [5.74, 6) is 1.61. The first kappa shape index (κ1) is 41.8. The van der Waals surface area contributed by atoms with Crippen molar-refractivity contribution in [2.75, 3.05) is 39.3 Å². The molecule has 51 heavy (non-hydrogen) atoms. The largest absolute Gasteiger partial charge is 0.490 e. The van der Waals surface area contributed by atoms with Crippen LogP contribution in [-0.2, 0) is 22.3 Å². The number of benzene rings is 2. The first-order valence-corrected chi connectivity index (χ1v) is 18.9. The van der Waals surface area contributed by atoms with Crippen LogP contribution in [0.25, 0.3) is 0 Å². The van der Waals surface area contributed by atoms with Gasteiger partial charge >= 0.3 is 6.18 Å². The summed E-state index contributed by atoms with van der Waals surface area (Å²) in [6.45, 7) is 14.0. The minimum absolute atomic E-state index is 0.108. The van der Waals surface area contributed by atoms with E-state index in [1.54, 1.807) is 36.1 Å². The molecule has 7 nitrogen and oxygen atoms in total. The third-order valence-electron chi connectivity index (χ3n) is 10.4. The summed E-state index contributed by atoms with van der Waals surface area (Å²) >= 11 is 0. The van der Waals surface area contributed by atoms with Gasteiger partial charge in [-0.15, -0.1) is 0 Å². The molecule has 0 bridgehead atoms. The van der Waals surface area contributed by atoms with Crippen molar-refractivity contribution < 1.29 is 27.5 Å². The number of carbonyl (C=O) groups is 2. The number of ether oxygens (including phenoxy) is 1. The van der Waals surface area contributed by atoms with Gasteiger partial charge in [-0.2, -0.15) is 18.4 Å². The van der Waals surface area contributed by atoms with Crippen molar-refractivity contribution in [3.63, 3.8) is 0 Å².